The van der Waals surface area contributed by atoms with Crippen LogP contribution in [0.15, 0.2) is 82.5 Å². The van der Waals surface area contributed by atoms with Gasteiger partial charge in [0, 0.05) is 29.0 Å². The standard InChI is InChI=1S/C23H17N5O3S/c1-15-26-27-23(32-15)16-7-9-19(10-8-16)30-20-12-17(22-24-14-25-31-22)5-6-18(20)13-28-11-3-2-4-21(28)29/h2-12,14H,13H2,1H3. The number of aromatic nitrogens is 5. The molecule has 0 amide bonds. The van der Waals surface area contributed by atoms with Gasteiger partial charge in [0.25, 0.3) is 11.4 Å². The van der Waals surface area contributed by atoms with Gasteiger partial charge in [-0.15, -0.1) is 10.2 Å². The van der Waals surface area contributed by atoms with Crippen LogP contribution in [-0.4, -0.2) is 24.9 Å². The second-order valence-corrected chi connectivity index (χ2v) is 8.17. The van der Waals surface area contributed by atoms with Crippen molar-refractivity contribution in [1.82, 2.24) is 24.9 Å². The van der Waals surface area contributed by atoms with Gasteiger partial charge < -0.3 is 13.8 Å². The predicted octanol–water partition coefficient (Wildman–Crippen LogP) is 4.57. The van der Waals surface area contributed by atoms with Crippen LogP contribution >= 0.6 is 11.3 Å². The maximum absolute atomic E-state index is 12.2. The van der Waals surface area contributed by atoms with Gasteiger partial charge in [-0.2, -0.15) is 4.98 Å². The second kappa shape index (κ2) is 8.56. The molecule has 5 rings (SSSR count). The first-order valence-corrected chi connectivity index (χ1v) is 10.6. The first-order chi connectivity index (χ1) is 15.7. The second-order valence-electron chi connectivity index (χ2n) is 6.99. The highest BCUT2D eigenvalue weighted by Gasteiger charge is 2.13. The molecular weight excluding hydrogens is 426 g/mol. The summed E-state index contributed by atoms with van der Waals surface area (Å²) >= 11 is 1.54. The number of pyridine rings is 1. The van der Waals surface area contributed by atoms with E-state index < -0.39 is 0 Å². The number of nitrogens with zero attached hydrogens (tertiary/aromatic N) is 5. The Morgan fingerprint density at radius 3 is 2.59 bits per heavy atom. The van der Waals surface area contributed by atoms with Crippen molar-refractivity contribution >= 4 is 11.3 Å². The zero-order chi connectivity index (χ0) is 21.9. The highest BCUT2D eigenvalue weighted by molar-refractivity contribution is 7.14. The van der Waals surface area contributed by atoms with Crippen LogP contribution < -0.4 is 10.3 Å². The van der Waals surface area contributed by atoms with E-state index in [0.29, 0.717) is 23.9 Å². The molecule has 0 spiro atoms. The fraction of sp³-hybridized carbons (Fsp3) is 0.0870. The van der Waals surface area contributed by atoms with Gasteiger partial charge in [0.15, 0.2) is 6.33 Å². The molecule has 2 aromatic carbocycles. The van der Waals surface area contributed by atoms with E-state index in [0.717, 1.165) is 26.7 Å². The third-order valence-corrected chi connectivity index (χ3v) is 5.66. The van der Waals surface area contributed by atoms with E-state index in [1.807, 2.05) is 55.5 Å². The molecule has 5 aromatic rings. The average molecular weight is 443 g/mol. The molecule has 0 atom stereocenters. The van der Waals surface area contributed by atoms with E-state index in [-0.39, 0.29) is 5.56 Å². The van der Waals surface area contributed by atoms with E-state index in [2.05, 4.69) is 20.3 Å². The summed E-state index contributed by atoms with van der Waals surface area (Å²) < 4.78 is 13.0. The van der Waals surface area contributed by atoms with E-state index in [1.165, 1.54) is 23.7 Å². The van der Waals surface area contributed by atoms with E-state index >= 15 is 0 Å². The molecule has 0 aliphatic rings. The van der Waals surface area contributed by atoms with Crippen LogP contribution in [0.3, 0.4) is 0 Å². The van der Waals surface area contributed by atoms with Crippen molar-refractivity contribution in [3.63, 3.8) is 0 Å². The van der Waals surface area contributed by atoms with Crippen LogP contribution in [0.4, 0.5) is 0 Å². The lowest BCUT2D eigenvalue weighted by Gasteiger charge is -2.14. The van der Waals surface area contributed by atoms with Gasteiger partial charge in [-0.1, -0.05) is 28.6 Å². The van der Waals surface area contributed by atoms with Crippen LogP contribution in [-0.2, 0) is 6.54 Å². The third-order valence-electron chi connectivity index (χ3n) is 4.77. The Balaban J connectivity index is 1.48. The van der Waals surface area contributed by atoms with E-state index in [1.54, 1.807) is 16.8 Å². The molecule has 0 aliphatic carbocycles. The Morgan fingerprint density at radius 1 is 1.03 bits per heavy atom. The quantitative estimate of drug-likeness (QED) is 0.379. The zero-order valence-electron chi connectivity index (χ0n) is 17.0. The van der Waals surface area contributed by atoms with Gasteiger partial charge in [0.05, 0.1) is 6.54 Å². The average Bonchev–Trinajstić information content (AvgIpc) is 3.49. The van der Waals surface area contributed by atoms with Gasteiger partial charge in [0.1, 0.15) is 21.5 Å². The van der Waals surface area contributed by atoms with Crippen molar-refractivity contribution in [1.29, 1.82) is 0 Å². The smallest absolute Gasteiger partial charge is 0.257 e. The Morgan fingerprint density at radius 2 is 1.88 bits per heavy atom. The normalized spacial score (nSPS) is 10.9. The Kier molecular flexibility index (Phi) is 5.30. The molecule has 0 N–H and O–H groups in total. The fourth-order valence-corrected chi connectivity index (χ4v) is 3.89. The maximum Gasteiger partial charge on any atom is 0.257 e. The number of hydrogen-bond acceptors (Lipinski definition) is 8. The molecule has 0 bridgehead atoms. The summed E-state index contributed by atoms with van der Waals surface area (Å²) in [4.78, 5) is 16.3. The predicted molar refractivity (Wildman–Crippen MR) is 120 cm³/mol. The largest absolute Gasteiger partial charge is 0.457 e. The number of benzene rings is 2. The SMILES string of the molecule is Cc1nnc(-c2ccc(Oc3cc(-c4ncno4)ccc3Cn3ccccc3=O)cc2)s1. The molecule has 32 heavy (non-hydrogen) atoms. The summed E-state index contributed by atoms with van der Waals surface area (Å²) in [5, 5.41) is 13.7. The first kappa shape index (κ1) is 19.8. The summed E-state index contributed by atoms with van der Waals surface area (Å²) in [5.41, 5.74) is 2.45. The van der Waals surface area contributed by atoms with Gasteiger partial charge in [-0.05, 0) is 49.4 Å². The molecule has 3 heterocycles. The van der Waals surface area contributed by atoms with Crippen LogP contribution in [0.5, 0.6) is 11.5 Å². The number of rotatable bonds is 6. The van der Waals surface area contributed by atoms with Gasteiger partial charge in [-0.3, -0.25) is 4.79 Å². The lowest BCUT2D eigenvalue weighted by Crippen LogP contribution is -2.18. The summed E-state index contributed by atoms with van der Waals surface area (Å²) in [6.07, 6.45) is 3.10. The minimum Gasteiger partial charge on any atom is -0.457 e. The third kappa shape index (κ3) is 4.19. The van der Waals surface area contributed by atoms with Crippen molar-refractivity contribution in [2.75, 3.05) is 0 Å². The Labute approximate surface area is 186 Å². The minimum absolute atomic E-state index is 0.0869. The van der Waals surface area contributed by atoms with Crippen LogP contribution in [0.25, 0.3) is 22.0 Å². The minimum atomic E-state index is -0.0869. The number of hydrogen-bond donors (Lipinski definition) is 0. The number of ether oxygens (including phenoxy) is 1. The first-order valence-electron chi connectivity index (χ1n) is 9.79. The van der Waals surface area contributed by atoms with Crippen molar-refractivity contribution in [3.8, 4) is 33.5 Å². The number of aryl methyl sites for hydroxylation is 1. The van der Waals surface area contributed by atoms with E-state index in [4.69, 9.17) is 9.26 Å². The molecule has 8 nitrogen and oxygen atoms in total. The Hall–Kier alpha value is -4.11. The maximum atomic E-state index is 12.2. The summed E-state index contributed by atoms with van der Waals surface area (Å²) in [7, 11) is 0. The fourth-order valence-electron chi connectivity index (χ4n) is 3.19. The molecule has 0 saturated carbocycles. The molecule has 0 fully saturated rings. The molecule has 9 heteroatoms. The monoisotopic (exact) mass is 443 g/mol. The van der Waals surface area contributed by atoms with Gasteiger partial charge in [0.2, 0.25) is 0 Å². The van der Waals surface area contributed by atoms with Crippen molar-refractivity contribution in [3.05, 3.63) is 94.1 Å². The van der Waals surface area contributed by atoms with E-state index in [9.17, 15) is 4.79 Å². The van der Waals surface area contributed by atoms with Crippen LogP contribution in [0.1, 0.15) is 10.6 Å². The van der Waals surface area contributed by atoms with Crippen molar-refractivity contribution < 1.29 is 9.26 Å². The molecule has 158 valence electrons. The summed E-state index contributed by atoms with van der Waals surface area (Å²) in [6, 6.07) is 18.3. The molecule has 0 unspecified atom stereocenters. The van der Waals surface area contributed by atoms with Gasteiger partial charge >= 0.3 is 0 Å². The summed E-state index contributed by atoms with van der Waals surface area (Å²) in [5.74, 6) is 1.63. The Bertz CT molecular complexity index is 1410. The van der Waals surface area contributed by atoms with Gasteiger partial charge in [-0.25, -0.2) is 0 Å². The lowest BCUT2D eigenvalue weighted by atomic mass is 10.1. The highest BCUT2D eigenvalue weighted by Crippen LogP contribution is 2.32. The lowest BCUT2D eigenvalue weighted by molar-refractivity contribution is 0.429. The molecule has 0 saturated heterocycles. The molecule has 0 aliphatic heterocycles. The van der Waals surface area contributed by atoms with Crippen molar-refractivity contribution in [2.45, 2.75) is 13.5 Å². The molecule has 0 radical (unpaired) electrons. The van der Waals surface area contributed by atoms with Crippen molar-refractivity contribution in [2.24, 2.45) is 0 Å². The molecular formula is C23H17N5O3S. The summed E-state index contributed by atoms with van der Waals surface area (Å²) in [6.45, 7) is 2.29. The topological polar surface area (TPSA) is 95.9 Å². The van der Waals surface area contributed by atoms with Crippen LogP contribution in [0, 0.1) is 6.92 Å². The van der Waals surface area contributed by atoms with Crippen LogP contribution in [0.2, 0.25) is 0 Å². The zero-order valence-corrected chi connectivity index (χ0v) is 17.8. The highest BCUT2D eigenvalue weighted by atomic mass is 32.1. The molecule has 3 aromatic heterocycles.